The Morgan fingerprint density at radius 2 is 1.72 bits per heavy atom. The van der Waals surface area contributed by atoms with Crippen molar-refractivity contribution in [3.05, 3.63) is 35.4 Å². The first-order chi connectivity index (χ1) is 11.7. The monoisotopic (exact) mass is 365 g/mol. The molecule has 2 fully saturated rings. The summed E-state index contributed by atoms with van der Waals surface area (Å²) in [7, 11) is 0. The van der Waals surface area contributed by atoms with Gasteiger partial charge in [-0.05, 0) is 49.9 Å². The van der Waals surface area contributed by atoms with Gasteiger partial charge in [-0.3, -0.25) is 9.59 Å². The predicted molar refractivity (Wildman–Crippen MR) is 101 cm³/mol. The fraction of sp³-hybridized carbons (Fsp3) is 0.579. The average Bonchev–Trinajstić information content (AvgIpc) is 3.31. The first-order valence-corrected chi connectivity index (χ1v) is 9.10. The highest BCUT2D eigenvalue weighted by atomic mass is 35.5. The minimum atomic E-state index is -0.0368. The second kappa shape index (κ2) is 9.78. The van der Waals surface area contributed by atoms with E-state index >= 15 is 0 Å². The molecule has 0 bridgehead atoms. The topological polar surface area (TPSA) is 70.2 Å². The minimum absolute atomic E-state index is 0. The molecule has 3 rings (SSSR count). The van der Waals surface area contributed by atoms with Crippen LogP contribution in [0.5, 0.6) is 0 Å². The lowest BCUT2D eigenvalue weighted by atomic mass is 10.1. The summed E-state index contributed by atoms with van der Waals surface area (Å²) in [6.07, 6.45) is 6.67. The van der Waals surface area contributed by atoms with Crippen LogP contribution in [0.1, 0.15) is 54.4 Å². The van der Waals surface area contributed by atoms with Crippen molar-refractivity contribution in [2.24, 2.45) is 5.92 Å². The fourth-order valence-corrected chi connectivity index (χ4v) is 3.54. The Morgan fingerprint density at radius 3 is 2.36 bits per heavy atom. The molecular formula is C19H28ClN3O2. The zero-order chi connectivity index (χ0) is 16.8. The number of carbonyl (C=O) groups is 2. The Hall–Kier alpha value is -1.59. The number of benzene rings is 1. The first-order valence-electron chi connectivity index (χ1n) is 9.10. The molecule has 0 aromatic heterocycles. The van der Waals surface area contributed by atoms with Gasteiger partial charge in [-0.15, -0.1) is 12.4 Å². The van der Waals surface area contributed by atoms with Gasteiger partial charge in [0.1, 0.15) is 0 Å². The first kappa shape index (κ1) is 19.7. The van der Waals surface area contributed by atoms with Crippen LogP contribution in [0.15, 0.2) is 24.3 Å². The maximum absolute atomic E-state index is 12.1. The molecule has 1 aromatic rings. The summed E-state index contributed by atoms with van der Waals surface area (Å²) >= 11 is 0. The van der Waals surface area contributed by atoms with Gasteiger partial charge in [-0.2, -0.15) is 0 Å². The number of amides is 2. The Balaban J connectivity index is 0.00000225. The highest BCUT2D eigenvalue weighted by Gasteiger charge is 2.22. The van der Waals surface area contributed by atoms with Gasteiger partial charge in [-0.1, -0.05) is 25.0 Å². The number of hydrogen-bond donors (Lipinski definition) is 3. The molecule has 6 heteroatoms. The molecule has 1 atom stereocenters. The summed E-state index contributed by atoms with van der Waals surface area (Å²) in [5.41, 5.74) is 1.69. The van der Waals surface area contributed by atoms with Gasteiger partial charge >= 0.3 is 0 Å². The largest absolute Gasteiger partial charge is 0.352 e. The van der Waals surface area contributed by atoms with Crippen molar-refractivity contribution in [2.75, 3.05) is 13.1 Å². The van der Waals surface area contributed by atoms with Gasteiger partial charge in [-0.25, -0.2) is 0 Å². The van der Waals surface area contributed by atoms with Gasteiger partial charge in [0.15, 0.2) is 0 Å². The van der Waals surface area contributed by atoms with Crippen LogP contribution in [0.25, 0.3) is 0 Å². The summed E-state index contributed by atoms with van der Waals surface area (Å²) < 4.78 is 0. The third kappa shape index (κ3) is 5.72. The Labute approximate surface area is 155 Å². The SMILES string of the molecule is Cl.O=C(NCC1CCCN1)c1ccc(CNC(=O)C2CCCC2)cc1. The minimum Gasteiger partial charge on any atom is -0.352 e. The molecule has 1 saturated carbocycles. The number of nitrogens with one attached hydrogen (secondary N) is 3. The summed E-state index contributed by atoms with van der Waals surface area (Å²) in [5.74, 6) is 0.322. The lowest BCUT2D eigenvalue weighted by Gasteiger charge is -2.12. The summed E-state index contributed by atoms with van der Waals surface area (Å²) in [6, 6.07) is 7.89. The van der Waals surface area contributed by atoms with Gasteiger partial charge in [0.2, 0.25) is 5.91 Å². The summed E-state index contributed by atoms with van der Waals surface area (Å²) in [6.45, 7) is 2.25. The molecule has 0 radical (unpaired) electrons. The average molecular weight is 366 g/mol. The molecule has 1 unspecified atom stereocenters. The van der Waals surface area contributed by atoms with Crippen molar-refractivity contribution in [2.45, 2.75) is 51.1 Å². The number of halogens is 1. The van der Waals surface area contributed by atoms with Crippen LogP contribution < -0.4 is 16.0 Å². The van der Waals surface area contributed by atoms with Crippen LogP contribution in [-0.2, 0) is 11.3 Å². The van der Waals surface area contributed by atoms with Gasteiger partial charge in [0, 0.05) is 30.6 Å². The smallest absolute Gasteiger partial charge is 0.251 e. The molecule has 1 aliphatic heterocycles. The molecule has 1 heterocycles. The van der Waals surface area contributed by atoms with E-state index in [0.29, 0.717) is 24.7 Å². The van der Waals surface area contributed by atoms with E-state index in [4.69, 9.17) is 0 Å². The van der Waals surface area contributed by atoms with Crippen LogP contribution in [0.3, 0.4) is 0 Å². The second-order valence-electron chi connectivity index (χ2n) is 6.90. The van der Waals surface area contributed by atoms with E-state index < -0.39 is 0 Å². The van der Waals surface area contributed by atoms with Crippen LogP contribution in [-0.4, -0.2) is 30.9 Å². The molecule has 138 valence electrons. The van der Waals surface area contributed by atoms with Crippen molar-refractivity contribution in [1.82, 2.24) is 16.0 Å². The zero-order valence-corrected chi connectivity index (χ0v) is 15.4. The van der Waals surface area contributed by atoms with E-state index in [0.717, 1.165) is 44.2 Å². The summed E-state index contributed by atoms with van der Waals surface area (Å²) in [5, 5.41) is 9.35. The number of carbonyl (C=O) groups excluding carboxylic acids is 2. The van der Waals surface area contributed by atoms with Gasteiger partial charge in [0.25, 0.3) is 5.91 Å². The van der Waals surface area contributed by atoms with Crippen LogP contribution in [0, 0.1) is 5.92 Å². The van der Waals surface area contributed by atoms with Crippen LogP contribution in [0.4, 0.5) is 0 Å². The van der Waals surface area contributed by atoms with E-state index in [1.54, 1.807) is 0 Å². The lowest BCUT2D eigenvalue weighted by molar-refractivity contribution is -0.124. The van der Waals surface area contributed by atoms with Crippen molar-refractivity contribution < 1.29 is 9.59 Å². The van der Waals surface area contributed by atoms with E-state index in [1.807, 2.05) is 24.3 Å². The summed E-state index contributed by atoms with van der Waals surface area (Å²) in [4.78, 5) is 24.2. The lowest BCUT2D eigenvalue weighted by Crippen LogP contribution is -2.37. The molecule has 2 aliphatic rings. The highest BCUT2D eigenvalue weighted by Crippen LogP contribution is 2.24. The third-order valence-corrected chi connectivity index (χ3v) is 5.08. The van der Waals surface area contributed by atoms with Crippen LogP contribution in [0.2, 0.25) is 0 Å². The number of rotatable bonds is 6. The van der Waals surface area contributed by atoms with Gasteiger partial charge in [0.05, 0.1) is 0 Å². The second-order valence-corrected chi connectivity index (χ2v) is 6.90. The molecule has 1 aromatic carbocycles. The Bertz CT molecular complexity index is 565. The maximum Gasteiger partial charge on any atom is 0.251 e. The quantitative estimate of drug-likeness (QED) is 0.725. The molecule has 0 spiro atoms. The zero-order valence-electron chi connectivity index (χ0n) is 14.6. The van der Waals surface area contributed by atoms with E-state index in [-0.39, 0.29) is 30.1 Å². The molecule has 3 N–H and O–H groups in total. The Kier molecular flexibility index (Phi) is 7.72. The standard InChI is InChI=1S/C19H27N3O2.ClH/c23-18(15-4-1-2-5-15)21-12-14-7-9-16(10-8-14)19(24)22-13-17-6-3-11-20-17;/h7-10,15,17,20H,1-6,11-13H2,(H,21,23)(H,22,24);1H. The number of hydrogen-bond acceptors (Lipinski definition) is 3. The van der Waals surface area contributed by atoms with E-state index in [2.05, 4.69) is 16.0 Å². The van der Waals surface area contributed by atoms with Crippen molar-refractivity contribution >= 4 is 24.2 Å². The molecule has 25 heavy (non-hydrogen) atoms. The molecular weight excluding hydrogens is 338 g/mol. The molecule has 1 aliphatic carbocycles. The van der Waals surface area contributed by atoms with Crippen molar-refractivity contribution in [3.8, 4) is 0 Å². The highest BCUT2D eigenvalue weighted by molar-refractivity contribution is 5.94. The van der Waals surface area contributed by atoms with Crippen molar-refractivity contribution in [3.63, 3.8) is 0 Å². The van der Waals surface area contributed by atoms with E-state index in [1.165, 1.54) is 6.42 Å². The van der Waals surface area contributed by atoms with Crippen molar-refractivity contribution in [1.29, 1.82) is 0 Å². The molecule has 1 saturated heterocycles. The normalized spacial score (nSPS) is 20.1. The van der Waals surface area contributed by atoms with Crippen LogP contribution >= 0.6 is 12.4 Å². The Morgan fingerprint density at radius 1 is 1.00 bits per heavy atom. The van der Waals surface area contributed by atoms with E-state index in [9.17, 15) is 9.59 Å². The van der Waals surface area contributed by atoms with Gasteiger partial charge < -0.3 is 16.0 Å². The predicted octanol–water partition coefficient (Wildman–Crippen LogP) is 2.40. The molecule has 2 amide bonds. The fourth-order valence-electron chi connectivity index (χ4n) is 3.54. The molecule has 5 nitrogen and oxygen atoms in total. The third-order valence-electron chi connectivity index (χ3n) is 5.08. The maximum atomic E-state index is 12.1.